The quantitative estimate of drug-likeness (QED) is 0.149. The van der Waals surface area contributed by atoms with Crippen LogP contribution in [0.5, 0.6) is 0 Å². The maximum Gasteiger partial charge on any atom is 0.164 e. The molecule has 0 bridgehead atoms. The molecule has 16 aromatic rings. The monoisotopic (exact) mass is 1210 g/mol. The van der Waals surface area contributed by atoms with Gasteiger partial charge in [0.15, 0.2) is 34.9 Å². The standard InChI is InChI=1S/2C41H26N4S/c1-3-14-27(15-4-1)39-42-40(28-16-5-2-6-17-28)44-41(43-39)29-18-13-19-30(26-29)45-34-23-10-7-20-31(34)37-33-22-9-12-25-36(33)46-38(37)32-21-8-11-24-35(32)45;1-3-14-27(15-4-1)39-42-40(28-16-5-2-6-17-28)44-41(43-39)29-18-13-19-30(26-29)45-34-23-10-7-20-31(34)37-32-21-8-11-24-35(32)46-36-25-12-9-22-33(36)38(37)45/h2*1-26H. The second-order valence-electron chi connectivity index (χ2n) is 22.5. The highest BCUT2D eigenvalue weighted by atomic mass is 32.2. The molecule has 0 amide bonds. The first-order valence-electron chi connectivity index (χ1n) is 30.6. The minimum Gasteiger partial charge on any atom is -0.309 e. The number of para-hydroxylation sites is 3. The van der Waals surface area contributed by atoms with Crippen LogP contribution in [0, 0.1) is 0 Å². The first-order valence-corrected chi connectivity index (χ1v) is 32.2. The summed E-state index contributed by atoms with van der Waals surface area (Å²) in [5.41, 5.74) is 19.8. The molecule has 8 nitrogen and oxygen atoms in total. The van der Waals surface area contributed by atoms with Crippen molar-refractivity contribution in [1.82, 2.24) is 34.5 Å². The number of fused-ring (bicyclic) bond motifs is 14. The number of aromatic nitrogens is 7. The third kappa shape index (κ3) is 9.82. The van der Waals surface area contributed by atoms with Crippen molar-refractivity contribution in [3.05, 3.63) is 315 Å². The second-order valence-corrected chi connectivity index (χ2v) is 24.7. The zero-order valence-corrected chi connectivity index (χ0v) is 51.0. The van der Waals surface area contributed by atoms with Gasteiger partial charge in [0.1, 0.15) is 0 Å². The van der Waals surface area contributed by atoms with Crippen molar-refractivity contribution in [1.29, 1.82) is 0 Å². The first-order chi connectivity index (χ1) is 45.6. The molecule has 0 fully saturated rings. The van der Waals surface area contributed by atoms with Gasteiger partial charge >= 0.3 is 0 Å². The van der Waals surface area contributed by atoms with Gasteiger partial charge < -0.3 is 9.47 Å². The summed E-state index contributed by atoms with van der Waals surface area (Å²) in [6.45, 7) is 0. The molecule has 0 unspecified atom stereocenters. The van der Waals surface area contributed by atoms with Crippen molar-refractivity contribution in [3.63, 3.8) is 0 Å². The van der Waals surface area contributed by atoms with Gasteiger partial charge in [0, 0.05) is 103 Å². The fourth-order valence-electron chi connectivity index (χ4n) is 12.8. The van der Waals surface area contributed by atoms with E-state index in [2.05, 4.69) is 204 Å². The van der Waals surface area contributed by atoms with E-state index in [1.54, 1.807) is 0 Å². The molecule has 0 radical (unpaired) electrons. The molecule has 0 atom stereocenters. The van der Waals surface area contributed by atoms with Crippen molar-refractivity contribution >= 4 is 61.1 Å². The Morgan fingerprint density at radius 2 is 0.663 bits per heavy atom. The molecule has 18 rings (SSSR count). The van der Waals surface area contributed by atoms with Crippen LogP contribution in [0.3, 0.4) is 0 Å². The van der Waals surface area contributed by atoms with Crippen LogP contribution in [-0.4, -0.2) is 34.5 Å². The van der Waals surface area contributed by atoms with E-state index < -0.39 is 0 Å². The van der Waals surface area contributed by atoms with Crippen LogP contribution in [0.1, 0.15) is 0 Å². The lowest BCUT2D eigenvalue weighted by Gasteiger charge is -2.27. The van der Waals surface area contributed by atoms with E-state index in [4.69, 9.17) is 29.9 Å². The van der Waals surface area contributed by atoms with Crippen LogP contribution in [0.2, 0.25) is 0 Å². The largest absolute Gasteiger partial charge is 0.309 e. The van der Waals surface area contributed by atoms with E-state index in [0.29, 0.717) is 34.9 Å². The van der Waals surface area contributed by atoms with Crippen molar-refractivity contribution in [2.45, 2.75) is 9.79 Å². The number of anilines is 3. The molecule has 12 aromatic carbocycles. The predicted octanol–water partition coefficient (Wildman–Crippen LogP) is 21.8. The first kappa shape index (κ1) is 54.5. The summed E-state index contributed by atoms with van der Waals surface area (Å²) >= 11 is 3.70. The molecule has 4 aromatic heterocycles. The lowest BCUT2D eigenvalue weighted by molar-refractivity contribution is 1.07. The zero-order chi connectivity index (χ0) is 60.9. The van der Waals surface area contributed by atoms with Gasteiger partial charge in [-0.05, 0) is 66.2 Å². The second kappa shape index (κ2) is 23.4. The van der Waals surface area contributed by atoms with E-state index in [0.717, 1.165) is 61.6 Å². The van der Waals surface area contributed by atoms with Crippen LogP contribution >= 0.6 is 23.1 Å². The van der Waals surface area contributed by atoms with E-state index in [-0.39, 0.29) is 0 Å². The van der Waals surface area contributed by atoms with Crippen molar-refractivity contribution in [3.8, 4) is 118 Å². The van der Waals surface area contributed by atoms with Crippen LogP contribution in [-0.2, 0) is 0 Å². The number of hydrogen-bond donors (Lipinski definition) is 0. The Morgan fingerprint density at radius 1 is 0.272 bits per heavy atom. The predicted molar refractivity (Wildman–Crippen MR) is 379 cm³/mol. The third-order valence-electron chi connectivity index (χ3n) is 16.9. The molecule has 10 heteroatoms. The van der Waals surface area contributed by atoms with Gasteiger partial charge in [0.25, 0.3) is 0 Å². The topological polar surface area (TPSA) is 85.5 Å². The molecule has 6 heterocycles. The summed E-state index contributed by atoms with van der Waals surface area (Å²) in [7, 11) is 0. The van der Waals surface area contributed by atoms with Crippen molar-refractivity contribution in [2.75, 3.05) is 4.90 Å². The fourth-order valence-corrected chi connectivity index (χ4v) is 15.1. The average Bonchev–Trinajstić information content (AvgIpc) is 1.64. The maximum atomic E-state index is 5.02. The van der Waals surface area contributed by atoms with E-state index >= 15 is 0 Å². The Hall–Kier alpha value is -11.7. The highest BCUT2D eigenvalue weighted by molar-refractivity contribution is 7.99. The SMILES string of the molecule is c1ccc(-c2nc(-c3ccccc3)nc(-c3cccc(-n4c5c(c6ccccc64)-c4ccccc4Sc4ccccc4-5)c3)n2)cc1.c1ccc(-c2nc(-c3ccccc3)nc(-c3cccc(N4c5ccccc5-c5sc6ccccc6c5-c5ccccc54)c3)n2)cc1. The lowest BCUT2D eigenvalue weighted by Crippen LogP contribution is -2.11. The van der Waals surface area contributed by atoms with Crippen molar-refractivity contribution in [2.24, 2.45) is 0 Å². The van der Waals surface area contributed by atoms with E-state index in [9.17, 15) is 0 Å². The minimum absolute atomic E-state index is 0.635. The summed E-state index contributed by atoms with van der Waals surface area (Å²) in [6, 6.07) is 110. The minimum atomic E-state index is 0.635. The normalized spacial score (nSPS) is 11.8. The molecule has 2 aliphatic rings. The molecule has 0 saturated heterocycles. The Morgan fingerprint density at radius 3 is 1.23 bits per heavy atom. The third-order valence-corrected chi connectivity index (χ3v) is 19.3. The summed E-state index contributed by atoms with van der Waals surface area (Å²) in [6.07, 6.45) is 0. The van der Waals surface area contributed by atoms with Gasteiger partial charge in [0.05, 0.1) is 22.6 Å². The summed E-state index contributed by atoms with van der Waals surface area (Å²) in [5, 5.41) is 2.51. The Bertz CT molecular complexity index is 5340. The van der Waals surface area contributed by atoms with Gasteiger partial charge in [0.2, 0.25) is 0 Å². The lowest BCUT2D eigenvalue weighted by atomic mass is 9.98. The Balaban J connectivity index is 0.000000141. The smallest absolute Gasteiger partial charge is 0.164 e. The van der Waals surface area contributed by atoms with Crippen LogP contribution < -0.4 is 4.90 Å². The van der Waals surface area contributed by atoms with Gasteiger partial charge in [-0.25, -0.2) is 29.9 Å². The molecular weight excluding hydrogens is 1160 g/mol. The van der Waals surface area contributed by atoms with Gasteiger partial charge in [-0.2, -0.15) is 0 Å². The molecule has 0 spiro atoms. The number of thiophene rings is 1. The average molecular weight is 1210 g/mol. The number of hydrogen-bond acceptors (Lipinski definition) is 9. The highest BCUT2D eigenvalue weighted by Crippen LogP contribution is 2.56. The van der Waals surface area contributed by atoms with Gasteiger partial charge in [-0.3, -0.25) is 0 Å². The zero-order valence-electron chi connectivity index (χ0n) is 49.4. The molecule has 2 aliphatic heterocycles. The van der Waals surface area contributed by atoms with Crippen LogP contribution in [0.25, 0.3) is 139 Å². The molecule has 92 heavy (non-hydrogen) atoms. The molecule has 0 saturated carbocycles. The summed E-state index contributed by atoms with van der Waals surface area (Å²) < 4.78 is 3.71. The fraction of sp³-hybridized carbons (Fsp3) is 0. The molecule has 0 aliphatic carbocycles. The summed E-state index contributed by atoms with van der Waals surface area (Å²) in [4.78, 5) is 36.0. The van der Waals surface area contributed by atoms with E-state index in [1.165, 1.54) is 69.2 Å². The molecule has 0 N–H and O–H groups in total. The number of nitrogens with zero attached hydrogens (tertiary/aromatic N) is 8. The maximum absolute atomic E-state index is 5.02. The summed E-state index contributed by atoms with van der Waals surface area (Å²) in [5.74, 6) is 3.87. The molecular formula is C82H52N8S2. The van der Waals surface area contributed by atoms with Gasteiger partial charge in [-0.15, -0.1) is 11.3 Å². The van der Waals surface area contributed by atoms with Crippen LogP contribution in [0.15, 0.2) is 325 Å². The Labute approximate surface area is 540 Å². The van der Waals surface area contributed by atoms with Crippen molar-refractivity contribution < 1.29 is 0 Å². The number of rotatable bonds is 8. The molecule has 432 valence electrons. The van der Waals surface area contributed by atoms with E-state index in [1.807, 2.05) is 144 Å². The van der Waals surface area contributed by atoms with Gasteiger partial charge in [-0.1, -0.05) is 267 Å². The Kier molecular flexibility index (Phi) is 13.8. The van der Waals surface area contributed by atoms with Crippen LogP contribution in [0.4, 0.5) is 17.1 Å². The highest BCUT2D eigenvalue weighted by Gasteiger charge is 2.31. The number of benzene rings is 12.